The summed E-state index contributed by atoms with van der Waals surface area (Å²) in [6.45, 7) is 4.64. The van der Waals surface area contributed by atoms with Crippen LogP contribution in [-0.2, 0) is 14.3 Å². The van der Waals surface area contributed by atoms with Gasteiger partial charge in [-0.25, -0.2) is 0 Å². The molecule has 25 heavy (non-hydrogen) atoms. The molecule has 1 aromatic carbocycles. The van der Waals surface area contributed by atoms with E-state index < -0.39 is 0 Å². The molecule has 1 N–H and O–H groups in total. The van der Waals surface area contributed by atoms with Gasteiger partial charge >= 0.3 is 0 Å². The van der Waals surface area contributed by atoms with Crippen LogP contribution in [-0.4, -0.2) is 68.1 Å². The summed E-state index contributed by atoms with van der Waals surface area (Å²) in [4.78, 5) is 28.7. The van der Waals surface area contributed by atoms with Crippen molar-refractivity contribution < 1.29 is 14.3 Å². The Hall–Kier alpha value is -1.92. The van der Waals surface area contributed by atoms with Crippen molar-refractivity contribution in [3.05, 3.63) is 35.9 Å². The van der Waals surface area contributed by atoms with Gasteiger partial charge in [-0.05, 0) is 12.0 Å². The van der Waals surface area contributed by atoms with Crippen molar-refractivity contribution in [2.24, 2.45) is 5.92 Å². The number of rotatable bonds is 5. The van der Waals surface area contributed by atoms with E-state index in [1.807, 2.05) is 30.3 Å². The lowest BCUT2D eigenvalue weighted by Crippen LogP contribution is -2.46. The standard InChI is InChI=1S/C19H27N3O3/c1-21-8-7-16(13-18(21)23)19(24)20-17(15-5-3-2-4-6-15)14-22-9-11-25-12-10-22/h2-6,16-17H,7-14H2,1H3,(H,20,24)/t16-,17-/m1/s1. The highest BCUT2D eigenvalue weighted by molar-refractivity contribution is 5.87. The predicted molar refractivity (Wildman–Crippen MR) is 94.9 cm³/mol. The highest BCUT2D eigenvalue weighted by atomic mass is 16.5. The van der Waals surface area contributed by atoms with E-state index in [0.717, 1.165) is 44.8 Å². The third-order valence-electron chi connectivity index (χ3n) is 5.09. The number of piperidine rings is 1. The normalized spacial score (nSPS) is 23.3. The fourth-order valence-corrected chi connectivity index (χ4v) is 3.42. The molecule has 3 rings (SSSR count). The molecule has 2 aliphatic rings. The highest BCUT2D eigenvalue weighted by Crippen LogP contribution is 2.21. The van der Waals surface area contributed by atoms with E-state index in [2.05, 4.69) is 10.2 Å². The zero-order valence-corrected chi connectivity index (χ0v) is 14.8. The molecule has 2 atom stereocenters. The summed E-state index contributed by atoms with van der Waals surface area (Å²) in [6, 6.07) is 9.99. The Balaban J connectivity index is 1.66. The van der Waals surface area contributed by atoms with Gasteiger partial charge in [-0.1, -0.05) is 30.3 Å². The summed E-state index contributed by atoms with van der Waals surface area (Å²) >= 11 is 0. The van der Waals surface area contributed by atoms with E-state index in [4.69, 9.17) is 4.74 Å². The van der Waals surface area contributed by atoms with Crippen LogP contribution in [0.3, 0.4) is 0 Å². The van der Waals surface area contributed by atoms with Crippen LogP contribution in [0.25, 0.3) is 0 Å². The van der Waals surface area contributed by atoms with Crippen molar-refractivity contribution >= 4 is 11.8 Å². The number of carbonyl (C=O) groups excluding carboxylic acids is 2. The van der Waals surface area contributed by atoms with Crippen molar-refractivity contribution in [3.63, 3.8) is 0 Å². The average molecular weight is 345 g/mol. The molecule has 0 saturated carbocycles. The van der Waals surface area contributed by atoms with Gasteiger partial charge in [0.05, 0.1) is 19.3 Å². The van der Waals surface area contributed by atoms with Gasteiger partial charge in [-0.15, -0.1) is 0 Å². The Morgan fingerprint density at radius 2 is 1.96 bits per heavy atom. The van der Waals surface area contributed by atoms with E-state index in [9.17, 15) is 9.59 Å². The lowest BCUT2D eigenvalue weighted by atomic mass is 9.94. The molecule has 2 amide bonds. The Bertz CT molecular complexity index is 587. The first-order valence-electron chi connectivity index (χ1n) is 9.03. The summed E-state index contributed by atoms with van der Waals surface area (Å²) < 4.78 is 5.41. The summed E-state index contributed by atoms with van der Waals surface area (Å²) in [5, 5.41) is 3.19. The topological polar surface area (TPSA) is 61.9 Å². The zero-order chi connectivity index (χ0) is 17.6. The van der Waals surface area contributed by atoms with Gasteiger partial charge < -0.3 is 15.0 Å². The first-order chi connectivity index (χ1) is 12.1. The number of nitrogens with zero attached hydrogens (tertiary/aromatic N) is 2. The molecular weight excluding hydrogens is 318 g/mol. The molecule has 2 fully saturated rings. The number of hydrogen-bond acceptors (Lipinski definition) is 4. The number of ether oxygens (including phenoxy) is 1. The highest BCUT2D eigenvalue weighted by Gasteiger charge is 2.30. The van der Waals surface area contributed by atoms with Gasteiger partial charge in [0.1, 0.15) is 0 Å². The van der Waals surface area contributed by atoms with Gasteiger partial charge in [-0.2, -0.15) is 0 Å². The quantitative estimate of drug-likeness (QED) is 0.866. The first-order valence-corrected chi connectivity index (χ1v) is 9.03. The van der Waals surface area contributed by atoms with Gasteiger partial charge in [0.25, 0.3) is 0 Å². The molecule has 0 spiro atoms. The molecular formula is C19H27N3O3. The SMILES string of the molecule is CN1CC[C@@H](C(=O)N[C@H](CN2CCOCC2)c2ccccc2)CC1=O. The van der Waals surface area contributed by atoms with Crippen molar-refractivity contribution in [2.75, 3.05) is 46.4 Å². The lowest BCUT2D eigenvalue weighted by molar-refractivity contribution is -0.139. The maximum Gasteiger partial charge on any atom is 0.224 e. The molecule has 6 heteroatoms. The van der Waals surface area contributed by atoms with E-state index in [1.54, 1.807) is 11.9 Å². The maximum absolute atomic E-state index is 12.8. The van der Waals surface area contributed by atoms with Crippen molar-refractivity contribution in [2.45, 2.75) is 18.9 Å². The van der Waals surface area contributed by atoms with E-state index in [1.165, 1.54) is 0 Å². The lowest BCUT2D eigenvalue weighted by Gasteiger charge is -2.33. The van der Waals surface area contributed by atoms with Crippen LogP contribution in [0.2, 0.25) is 0 Å². The first kappa shape index (κ1) is 17.9. The van der Waals surface area contributed by atoms with Crippen molar-refractivity contribution in [3.8, 4) is 0 Å². The van der Waals surface area contributed by atoms with E-state index >= 15 is 0 Å². The maximum atomic E-state index is 12.8. The van der Waals surface area contributed by atoms with Gasteiger partial charge in [0.15, 0.2) is 0 Å². The van der Waals surface area contributed by atoms with E-state index in [-0.39, 0.29) is 23.8 Å². The minimum Gasteiger partial charge on any atom is -0.379 e. The van der Waals surface area contributed by atoms with Gasteiger partial charge in [0, 0.05) is 45.6 Å². The molecule has 1 aromatic rings. The number of benzene rings is 1. The smallest absolute Gasteiger partial charge is 0.224 e. The summed E-state index contributed by atoms with van der Waals surface area (Å²) in [5.41, 5.74) is 1.10. The van der Waals surface area contributed by atoms with Gasteiger partial charge in [0.2, 0.25) is 11.8 Å². The Morgan fingerprint density at radius 3 is 2.64 bits per heavy atom. The summed E-state index contributed by atoms with van der Waals surface area (Å²) in [7, 11) is 1.79. The van der Waals surface area contributed by atoms with E-state index in [0.29, 0.717) is 13.0 Å². The largest absolute Gasteiger partial charge is 0.379 e. The van der Waals surface area contributed by atoms with Crippen molar-refractivity contribution in [1.82, 2.24) is 15.1 Å². The molecule has 0 aliphatic carbocycles. The number of morpholine rings is 1. The predicted octanol–water partition coefficient (Wildman–Crippen LogP) is 1.04. The van der Waals surface area contributed by atoms with Crippen molar-refractivity contribution in [1.29, 1.82) is 0 Å². The summed E-state index contributed by atoms with van der Waals surface area (Å²) in [5.74, 6) is -0.181. The fourth-order valence-electron chi connectivity index (χ4n) is 3.42. The van der Waals surface area contributed by atoms with Crippen LogP contribution < -0.4 is 5.32 Å². The molecule has 2 aliphatic heterocycles. The minimum absolute atomic E-state index is 0.0106. The summed E-state index contributed by atoms with van der Waals surface area (Å²) in [6.07, 6.45) is 1.04. The second-order valence-electron chi connectivity index (χ2n) is 6.89. The Kier molecular flexibility index (Phi) is 6.04. The molecule has 2 heterocycles. The number of nitrogens with one attached hydrogen (secondary N) is 1. The van der Waals surface area contributed by atoms with Crippen LogP contribution in [0, 0.1) is 5.92 Å². The average Bonchev–Trinajstić information content (AvgIpc) is 2.65. The molecule has 6 nitrogen and oxygen atoms in total. The van der Waals surface area contributed by atoms with Crippen LogP contribution >= 0.6 is 0 Å². The van der Waals surface area contributed by atoms with Crippen LogP contribution in [0.5, 0.6) is 0 Å². The molecule has 0 bridgehead atoms. The number of amides is 2. The van der Waals surface area contributed by atoms with Crippen LogP contribution in [0.4, 0.5) is 0 Å². The second-order valence-corrected chi connectivity index (χ2v) is 6.89. The minimum atomic E-state index is -0.223. The van der Waals surface area contributed by atoms with Gasteiger partial charge in [-0.3, -0.25) is 14.5 Å². The molecule has 0 radical (unpaired) electrons. The number of likely N-dealkylation sites (tertiary alicyclic amines) is 1. The zero-order valence-electron chi connectivity index (χ0n) is 14.8. The second kappa shape index (κ2) is 8.45. The molecule has 0 aromatic heterocycles. The molecule has 2 saturated heterocycles. The van der Waals surface area contributed by atoms with Crippen LogP contribution in [0.15, 0.2) is 30.3 Å². The Labute approximate surface area is 149 Å². The number of hydrogen-bond donors (Lipinski definition) is 1. The van der Waals surface area contributed by atoms with Crippen LogP contribution in [0.1, 0.15) is 24.4 Å². The third-order valence-corrected chi connectivity index (χ3v) is 5.09. The monoisotopic (exact) mass is 345 g/mol. The third kappa shape index (κ3) is 4.80. The molecule has 0 unspecified atom stereocenters. The Morgan fingerprint density at radius 1 is 1.24 bits per heavy atom. The molecule has 136 valence electrons. The fraction of sp³-hybridized carbons (Fsp3) is 0.579. The number of carbonyl (C=O) groups is 2.